The van der Waals surface area contributed by atoms with Gasteiger partial charge in [0.05, 0.1) is 6.61 Å². The van der Waals surface area contributed by atoms with Crippen molar-refractivity contribution in [1.29, 1.82) is 0 Å². The highest BCUT2D eigenvalue weighted by molar-refractivity contribution is 5.82. The minimum absolute atomic E-state index is 0.150. The second-order valence-corrected chi connectivity index (χ2v) is 5.92. The van der Waals surface area contributed by atoms with Gasteiger partial charge in [-0.25, -0.2) is 0 Å². The highest BCUT2D eigenvalue weighted by Crippen LogP contribution is 2.23. The lowest BCUT2D eigenvalue weighted by Crippen LogP contribution is -2.51. The van der Waals surface area contributed by atoms with Gasteiger partial charge in [-0.3, -0.25) is 14.6 Å². The number of amides is 1. The molecule has 1 atom stereocenters. The SMILES string of the molecule is COCCN1CCN(C(C(=O)N(C)C)c2ccccc2)CC1. The summed E-state index contributed by atoms with van der Waals surface area (Å²) < 4.78 is 5.14. The van der Waals surface area contributed by atoms with E-state index in [9.17, 15) is 4.79 Å². The fraction of sp³-hybridized carbons (Fsp3) is 0.588. The van der Waals surface area contributed by atoms with Crippen LogP contribution in [0.25, 0.3) is 0 Å². The molecular weight excluding hydrogens is 278 g/mol. The first-order valence-corrected chi connectivity index (χ1v) is 7.85. The van der Waals surface area contributed by atoms with Crippen LogP contribution in [0, 0.1) is 0 Å². The van der Waals surface area contributed by atoms with Crippen molar-refractivity contribution in [3.63, 3.8) is 0 Å². The van der Waals surface area contributed by atoms with Gasteiger partial charge >= 0.3 is 0 Å². The number of methoxy groups -OCH3 is 1. The van der Waals surface area contributed by atoms with Gasteiger partial charge in [0.1, 0.15) is 6.04 Å². The first-order chi connectivity index (χ1) is 10.6. The van der Waals surface area contributed by atoms with Gasteiger partial charge in [0, 0.05) is 53.9 Å². The average Bonchev–Trinajstić information content (AvgIpc) is 2.55. The van der Waals surface area contributed by atoms with Crippen molar-refractivity contribution in [2.24, 2.45) is 0 Å². The molecule has 122 valence electrons. The normalized spacial score (nSPS) is 18.1. The summed E-state index contributed by atoms with van der Waals surface area (Å²) in [6.45, 7) is 5.49. The van der Waals surface area contributed by atoms with Gasteiger partial charge in [0.2, 0.25) is 5.91 Å². The van der Waals surface area contributed by atoms with Crippen molar-refractivity contribution >= 4 is 5.91 Å². The van der Waals surface area contributed by atoms with Crippen LogP contribution >= 0.6 is 0 Å². The van der Waals surface area contributed by atoms with E-state index in [4.69, 9.17) is 4.74 Å². The smallest absolute Gasteiger partial charge is 0.244 e. The lowest BCUT2D eigenvalue weighted by atomic mass is 10.0. The number of rotatable bonds is 6. The molecule has 1 aliphatic rings. The maximum absolute atomic E-state index is 12.6. The molecule has 5 nitrogen and oxygen atoms in total. The van der Waals surface area contributed by atoms with E-state index in [1.807, 2.05) is 44.4 Å². The van der Waals surface area contributed by atoms with E-state index in [0.29, 0.717) is 0 Å². The topological polar surface area (TPSA) is 36.0 Å². The number of carbonyl (C=O) groups excluding carboxylic acids is 1. The standard InChI is InChI=1S/C17H27N3O2/c1-18(2)17(21)16(15-7-5-4-6-8-15)20-11-9-19(10-12-20)13-14-22-3/h4-8,16H,9-14H2,1-3H3. The molecule has 0 radical (unpaired) electrons. The van der Waals surface area contributed by atoms with Gasteiger partial charge in [-0.2, -0.15) is 0 Å². The number of benzene rings is 1. The number of hydrogen-bond acceptors (Lipinski definition) is 4. The van der Waals surface area contributed by atoms with Gasteiger partial charge in [0.25, 0.3) is 0 Å². The monoisotopic (exact) mass is 305 g/mol. The highest BCUT2D eigenvalue weighted by Gasteiger charge is 2.31. The Balaban J connectivity index is 2.06. The zero-order valence-electron chi connectivity index (χ0n) is 13.9. The van der Waals surface area contributed by atoms with Gasteiger partial charge in [-0.05, 0) is 5.56 Å². The van der Waals surface area contributed by atoms with Crippen LogP contribution in [0.1, 0.15) is 11.6 Å². The van der Waals surface area contributed by atoms with Crippen LogP contribution in [0.15, 0.2) is 30.3 Å². The molecule has 1 aromatic carbocycles. The van der Waals surface area contributed by atoms with Crippen LogP contribution in [0.3, 0.4) is 0 Å². The van der Waals surface area contributed by atoms with E-state index >= 15 is 0 Å². The fourth-order valence-corrected chi connectivity index (χ4v) is 2.86. The molecule has 1 amide bonds. The maximum Gasteiger partial charge on any atom is 0.244 e. The summed E-state index contributed by atoms with van der Waals surface area (Å²) in [7, 11) is 5.39. The predicted molar refractivity (Wildman–Crippen MR) is 87.8 cm³/mol. The lowest BCUT2D eigenvalue weighted by molar-refractivity contribution is -0.135. The summed E-state index contributed by atoms with van der Waals surface area (Å²) in [6, 6.07) is 9.90. The number of ether oxygens (including phenoxy) is 1. The second-order valence-electron chi connectivity index (χ2n) is 5.92. The molecule has 1 aromatic rings. The third kappa shape index (κ3) is 4.29. The van der Waals surface area contributed by atoms with Crippen LogP contribution in [-0.4, -0.2) is 81.1 Å². The third-order valence-corrected chi connectivity index (χ3v) is 4.17. The number of carbonyl (C=O) groups is 1. The summed E-state index contributed by atoms with van der Waals surface area (Å²) in [5, 5.41) is 0. The molecule has 1 fully saturated rings. The molecule has 22 heavy (non-hydrogen) atoms. The van der Waals surface area contributed by atoms with Gasteiger partial charge in [-0.1, -0.05) is 30.3 Å². The van der Waals surface area contributed by atoms with Crippen LogP contribution in [0.2, 0.25) is 0 Å². The van der Waals surface area contributed by atoms with Crippen molar-refractivity contribution < 1.29 is 9.53 Å². The lowest BCUT2D eigenvalue weighted by Gasteiger charge is -2.39. The number of likely N-dealkylation sites (N-methyl/N-ethyl adjacent to an activating group) is 1. The van der Waals surface area contributed by atoms with E-state index in [1.165, 1.54) is 0 Å². The predicted octanol–water partition coefficient (Wildman–Crippen LogP) is 1.08. The first kappa shape index (κ1) is 16.9. The van der Waals surface area contributed by atoms with Crippen LogP contribution in [0.5, 0.6) is 0 Å². The molecular formula is C17H27N3O2. The Bertz CT molecular complexity index is 456. The third-order valence-electron chi connectivity index (χ3n) is 4.17. The summed E-state index contributed by atoms with van der Waals surface area (Å²) >= 11 is 0. The minimum Gasteiger partial charge on any atom is -0.383 e. The van der Waals surface area contributed by atoms with Gasteiger partial charge in [0.15, 0.2) is 0 Å². The van der Waals surface area contributed by atoms with Crippen molar-refractivity contribution in [2.75, 3.05) is 60.5 Å². The van der Waals surface area contributed by atoms with E-state index in [-0.39, 0.29) is 11.9 Å². The summed E-state index contributed by atoms with van der Waals surface area (Å²) in [5.74, 6) is 0.150. The molecule has 1 saturated heterocycles. The Morgan fingerprint density at radius 3 is 2.36 bits per heavy atom. The van der Waals surface area contributed by atoms with Crippen molar-refractivity contribution in [2.45, 2.75) is 6.04 Å². The van der Waals surface area contributed by atoms with Crippen molar-refractivity contribution in [3.8, 4) is 0 Å². The molecule has 0 spiro atoms. The molecule has 1 aliphatic heterocycles. The Morgan fingerprint density at radius 2 is 1.82 bits per heavy atom. The quantitative estimate of drug-likeness (QED) is 0.788. The van der Waals surface area contributed by atoms with Crippen LogP contribution in [-0.2, 0) is 9.53 Å². The largest absolute Gasteiger partial charge is 0.383 e. The minimum atomic E-state index is -0.180. The number of piperazine rings is 1. The van der Waals surface area contributed by atoms with E-state index in [1.54, 1.807) is 12.0 Å². The molecule has 1 unspecified atom stereocenters. The molecule has 0 bridgehead atoms. The number of hydrogen-bond donors (Lipinski definition) is 0. The Morgan fingerprint density at radius 1 is 1.18 bits per heavy atom. The van der Waals surface area contributed by atoms with Crippen LogP contribution in [0.4, 0.5) is 0 Å². The average molecular weight is 305 g/mol. The molecule has 1 heterocycles. The van der Waals surface area contributed by atoms with Gasteiger partial charge in [-0.15, -0.1) is 0 Å². The van der Waals surface area contributed by atoms with Crippen molar-refractivity contribution in [1.82, 2.24) is 14.7 Å². The molecule has 0 aliphatic carbocycles. The van der Waals surface area contributed by atoms with Gasteiger partial charge < -0.3 is 9.64 Å². The van der Waals surface area contributed by atoms with E-state index in [2.05, 4.69) is 9.80 Å². The fourth-order valence-electron chi connectivity index (χ4n) is 2.86. The first-order valence-electron chi connectivity index (χ1n) is 7.85. The summed E-state index contributed by atoms with van der Waals surface area (Å²) in [6.07, 6.45) is 0. The highest BCUT2D eigenvalue weighted by atomic mass is 16.5. The molecule has 0 saturated carbocycles. The summed E-state index contributed by atoms with van der Waals surface area (Å²) in [5.41, 5.74) is 1.08. The Hall–Kier alpha value is -1.43. The summed E-state index contributed by atoms with van der Waals surface area (Å²) in [4.78, 5) is 19.0. The molecule has 0 aromatic heterocycles. The Labute approximate surface area is 133 Å². The van der Waals surface area contributed by atoms with Crippen molar-refractivity contribution in [3.05, 3.63) is 35.9 Å². The van der Waals surface area contributed by atoms with Crippen LogP contribution < -0.4 is 0 Å². The zero-order chi connectivity index (χ0) is 15.9. The Kier molecular flexibility index (Phi) is 6.36. The second kappa shape index (κ2) is 8.27. The number of nitrogens with zero attached hydrogens (tertiary/aromatic N) is 3. The zero-order valence-corrected chi connectivity index (χ0v) is 13.9. The molecule has 2 rings (SSSR count). The van der Waals surface area contributed by atoms with E-state index < -0.39 is 0 Å². The molecule has 5 heteroatoms. The van der Waals surface area contributed by atoms with E-state index in [0.717, 1.165) is 44.9 Å². The molecule has 0 N–H and O–H groups in total. The maximum atomic E-state index is 12.6.